The van der Waals surface area contributed by atoms with Crippen molar-refractivity contribution in [2.45, 2.75) is 82.5 Å². The molecule has 2 fully saturated rings. The molecule has 2 N–H and O–H groups in total. The second-order valence-electron chi connectivity index (χ2n) is 13.9. The highest BCUT2D eigenvalue weighted by Gasteiger charge is 2.75. The van der Waals surface area contributed by atoms with Crippen molar-refractivity contribution in [1.29, 1.82) is 0 Å². The third-order valence-electron chi connectivity index (χ3n) is 9.99. The fourth-order valence-corrected chi connectivity index (χ4v) is 8.61. The van der Waals surface area contributed by atoms with Gasteiger partial charge in [0, 0.05) is 24.0 Å². The number of carbonyl (C=O) groups excluding carboxylic acids is 4. The molecule has 6 rings (SSSR count). The Labute approximate surface area is 295 Å². The lowest BCUT2D eigenvalue weighted by atomic mass is 9.74. The van der Waals surface area contributed by atoms with Crippen molar-refractivity contribution in [2.75, 3.05) is 13.2 Å². The first-order valence-corrected chi connectivity index (χ1v) is 17.9. The fraction of sp³-hybridized carbons (Fsp3) is 0.474. The van der Waals surface area contributed by atoms with Crippen LogP contribution < -0.4 is 5.32 Å². The van der Waals surface area contributed by atoms with Crippen LogP contribution in [0.2, 0.25) is 0 Å². The summed E-state index contributed by atoms with van der Waals surface area (Å²) < 4.78 is 13.5. The van der Waals surface area contributed by atoms with E-state index < -0.39 is 59.6 Å². The van der Waals surface area contributed by atoms with Gasteiger partial charge >= 0.3 is 5.97 Å². The molecule has 4 heterocycles. The van der Waals surface area contributed by atoms with Crippen molar-refractivity contribution >= 4 is 39.6 Å². The van der Waals surface area contributed by atoms with Gasteiger partial charge in [0.2, 0.25) is 17.7 Å². The van der Waals surface area contributed by atoms with Crippen LogP contribution in [0.4, 0.5) is 0 Å². The summed E-state index contributed by atoms with van der Waals surface area (Å²) in [6.45, 7) is 5.91. The Morgan fingerprint density at radius 2 is 1.67 bits per heavy atom. The van der Waals surface area contributed by atoms with Crippen molar-refractivity contribution in [3.05, 3.63) is 94.5 Å². The molecule has 5 bridgehead atoms. The van der Waals surface area contributed by atoms with Gasteiger partial charge in [0.15, 0.2) is 0 Å². The molecule has 10 nitrogen and oxygen atoms in total. The van der Waals surface area contributed by atoms with Crippen LogP contribution in [-0.4, -0.2) is 81.6 Å². The third kappa shape index (κ3) is 6.72. The first-order chi connectivity index (χ1) is 23.6. The number of aliphatic hydroxyl groups excluding tert-OH is 1. The second kappa shape index (κ2) is 14.6. The van der Waals surface area contributed by atoms with E-state index in [-0.39, 0.29) is 43.8 Å². The Bertz CT molecular complexity index is 1620. The summed E-state index contributed by atoms with van der Waals surface area (Å²) in [4.78, 5) is 60.4. The van der Waals surface area contributed by atoms with Crippen molar-refractivity contribution in [1.82, 2.24) is 15.1 Å². The number of hydrogen-bond acceptors (Lipinski definition) is 7. The molecule has 49 heavy (non-hydrogen) atoms. The van der Waals surface area contributed by atoms with Gasteiger partial charge in [-0.15, -0.1) is 0 Å². The number of hydrogen-bond donors (Lipinski definition) is 2. The number of aliphatic hydroxyl groups is 1. The van der Waals surface area contributed by atoms with Crippen LogP contribution in [0.3, 0.4) is 0 Å². The van der Waals surface area contributed by atoms with Gasteiger partial charge in [-0.05, 0) is 42.9 Å². The SMILES string of the molecule is CC(C)C[C@H](CO)N1C(=O)[C@@H]2[C@H]3C(=O)O[C@@H](c4ccccc4)[C@H](C)NC(=O)CC/C=C\CN(Cc4ccccc4)C(=O)[C@@H]1[C@]21C=C(Br)[C@H]3O1. The van der Waals surface area contributed by atoms with E-state index in [1.807, 2.05) is 86.7 Å². The average molecular weight is 735 g/mol. The lowest BCUT2D eigenvalue weighted by Gasteiger charge is -2.39. The van der Waals surface area contributed by atoms with E-state index in [1.54, 1.807) is 17.9 Å². The number of nitrogens with zero attached hydrogens (tertiary/aromatic N) is 2. The van der Waals surface area contributed by atoms with Gasteiger partial charge in [-0.1, -0.05) is 103 Å². The highest BCUT2D eigenvalue weighted by Crippen LogP contribution is 2.59. The van der Waals surface area contributed by atoms with Crippen LogP contribution in [0.5, 0.6) is 0 Å². The molecular weight excluding hydrogens is 690 g/mol. The monoisotopic (exact) mass is 733 g/mol. The zero-order valence-corrected chi connectivity index (χ0v) is 29.6. The number of nitrogens with one attached hydrogen (secondary N) is 1. The summed E-state index contributed by atoms with van der Waals surface area (Å²) in [5.41, 5.74) is 0.118. The number of fused-ring (bicyclic) bond motifs is 2. The minimum atomic E-state index is -1.47. The van der Waals surface area contributed by atoms with Crippen LogP contribution in [0, 0.1) is 17.8 Å². The minimum Gasteiger partial charge on any atom is -0.455 e. The maximum Gasteiger partial charge on any atom is 0.313 e. The molecule has 0 radical (unpaired) electrons. The fourth-order valence-electron chi connectivity index (χ4n) is 7.87. The molecule has 3 amide bonds. The molecule has 2 saturated heterocycles. The van der Waals surface area contributed by atoms with Gasteiger partial charge < -0.3 is 29.7 Å². The lowest BCUT2D eigenvalue weighted by molar-refractivity contribution is -0.162. The smallest absolute Gasteiger partial charge is 0.313 e. The van der Waals surface area contributed by atoms with Crippen LogP contribution in [0.1, 0.15) is 57.3 Å². The van der Waals surface area contributed by atoms with Crippen LogP contribution in [0.15, 0.2) is 83.4 Å². The molecule has 0 saturated carbocycles. The van der Waals surface area contributed by atoms with Crippen LogP contribution in [0.25, 0.3) is 0 Å². The minimum absolute atomic E-state index is 0.108. The number of ether oxygens (including phenoxy) is 2. The predicted octanol–water partition coefficient (Wildman–Crippen LogP) is 4.43. The lowest BCUT2D eigenvalue weighted by Crippen LogP contribution is -2.58. The number of cyclic esters (lactones) is 1. The van der Waals surface area contributed by atoms with E-state index in [4.69, 9.17) is 9.47 Å². The average Bonchev–Trinajstić information content (AvgIpc) is 3.68. The van der Waals surface area contributed by atoms with Gasteiger partial charge in [0.05, 0.1) is 24.6 Å². The summed E-state index contributed by atoms with van der Waals surface area (Å²) >= 11 is 3.62. The first-order valence-electron chi connectivity index (χ1n) is 17.1. The highest BCUT2D eigenvalue weighted by atomic mass is 79.9. The quantitative estimate of drug-likeness (QED) is 0.319. The van der Waals surface area contributed by atoms with Crippen molar-refractivity contribution in [3.63, 3.8) is 0 Å². The number of benzene rings is 2. The van der Waals surface area contributed by atoms with Crippen molar-refractivity contribution in [3.8, 4) is 0 Å². The zero-order chi connectivity index (χ0) is 34.9. The molecule has 8 atom stereocenters. The highest BCUT2D eigenvalue weighted by molar-refractivity contribution is 9.11. The Kier molecular flexibility index (Phi) is 10.4. The summed E-state index contributed by atoms with van der Waals surface area (Å²) in [5, 5.41) is 13.7. The number of likely N-dealkylation sites (tertiary alicyclic amines) is 1. The maximum absolute atomic E-state index is 15.0. The molecule has 4 aliphatic rings. The van der Waals surface area contributed by atoms with Gasteiger partial charge in [-0.2, -0.15) is 0 Å². The van der Waals surface area contributed by atoms with Gasteiger partial charge in [0.1, 0.15) is 29.8 Å². The van der Waals surface area contributed by atoms with Gasteiger partial charge in [-0.25, -0.2) is 0 Å². The number of carbonyl (C=O) groups is 4. The molecule has 2 aromatic carbocycles. The molecule has 260 valence electrons. The number of esters is 1. The number of amides is 3. The van der Waals surface area contributed by atoms with E-state index in [0.717, 1.165) is 5.56 Å². The summed E-state index contributed by atoms with van der Waals surface area (Å²) in [6, 6.07) is 16.4. The second-order valence-corrected chi connectivity index (χ2v) is 14.8. The molecule has 0 aromatic heterocycles. The standard InChI is InChI=1S/C38H44BrN3O7/c1-23(2)19-27(22-43)42-34-36(46)41(21-25-13-7-4-8-14-25)18-12-6-11-17-29(44)40-24(3)32(26-15-9-5-10-16-26)48-37(47)30-31(35(42)45)38(34)20-28(39)33(30)49-38/h4-10,12-16,20,23-24,27,30-34,43H,11,17-19,21-22H2,1-3H3,(H,40,44)/b12-6-/t24-,27+,30+,31-,32+,33+,34+,38-/m0/s1. The Balaban J connectivity index is 1.47. The molecule has 2 aromatic rings. The molecular formula is C38H44BrN3O7. The molecule has 11 heteroatoms. The topological polar surface area (TPSA) is 125 Å². The summed E-state index contributed by atoms with van der Waals surface area (Å²) in [5.74, 6) is -3.66. The molecule has 1 spiro atoms. The van der Waals surface area contributed by atoms with Gasteiger partial charge in [-0.3, -0.25) is 19.2 Å². The van der Waals surface area contributed by atoms with E-state index in [0.29, 0.717) is 22.9 Å². The van der Waals surface area contributed by atoms with E-state index in [9.17, 15) is 19.5 Å². The largest absolute Gasteiger partial charge is 0.455 e. The van der Waals surface area contributed by atoms with Crippen LogP contribution in [-0.2, 0) is 35.2 Å². The van der Waals surface area contributed by atoms with E-state index in [1.165, 1.54) is 4.90 Å². The maximum atomic E-state index is 15.0. The summed E-state index contributed by atoms with van der Waals surface area (Å²) in [6.07, 6.45) is 4.92. The van der Waals surface area contributed by atoms with Crippen LogP contribution >= 0.6 is 15.9 Å². The molecule has 4 aliphatic heterocycles. The molecule has 0 aliphatic carbocycles. The van der Waals surface area contributed by atoms with E-state index in [2.05, 4.69) is 21.2 Å². The predicted molar refractivity (Wildman–Crippen MR) is 186 cm³/mol. The Morgan fingerprint density at radius 1 is 0.980 bits per heavy atom. The van der Waals surface area contributed by atoms with Crippen molar-refractivity contribution < 1.29 is 33.8 Å². The van der Waals surface area contributed by atoms with E-state index >= 15 is 4.79 Å². The third-order valence-corrected chi connectivity index (χ3v) is 10.7. The number of rotatable bonds is 7. The zero-order valence-electron chi connectivity index (χ0n) is 28.0. The Hall–Kier alpha value is -3.80. The number of allylic oxidation sites excluding steroid dienone is 1. The number of halogens is 1. The first kappa shape index (κ1) is 35.0. The Morgan fingerprint density at radius 3 is 2.35 bits per heavy atom. The molecule has 0 unspecified atom stereocenters. The van der Waals surface area contributed by atoms with Gasteiger partial charge in [0.25, 0.3) is 0 Å². The normalized spacial score (nSPS) is 31.8. The summed E-state index contributed by atoms with van der Waals surface area (Å²) in [7, 11) is 0. The van der Waals surface area contributed by atoms with Crippen molar-refractivity contribution in [2.24, 2.45) is 17.8 Å².